The van der Waals surface area contributed by atoms with E-state index in [0.29, 0.717) is 31.3 Å². The fourth-order valence-electron chi connectivity index (χ4n) is 6.61. The molecule has 12 heteroatoms. The molecule has 2 atom stereocenters. The molecule has 2 unspecified atom stereocenters. The van der Waals surface area contributed by atoms with E-state index in [2.05, 4.69) is 32.6 Å². The normalized spacial score (nSPS) is 25.6. The zero-order valence-corrected chi connectivity index (χ0v) is 25.9. The van der Waals surface area contributed by atoms with Gasteiger partial charge in [-0.1, -0.05) is 11.6 Å². The second kappa shape index (κ2) is 11.6. The van der Waals surface area contributed by atoms with Crippen LogP contribution in [0.5, 0.6) is 0 Å². The second-order valence-corrected chi connectivity index (χ2v) is 13.3. The summed E-state index contributed by atoms with van der Waals surface area (Å²) in [5.41, 5.74) is 2.77. The van der Waals surface area contributed by atoms with Crippen LogP contribution in [0.3, 0.4) is 0 Å². The van der Waals surface area contributed by atoms with Crippen LogP contribution in [0.2, 0.25) is 5.02 Å². The van der Waals surface area contributed by atoms with Gasteiger partial charge < -0.3 is 28.8 Å². The van der Waals surface area contributed by atoms with Gasteiger partial charge in [0.1, 0.15) is 6.26 Å². The number of rotatable bonds is 7. The summed E-state index contributed by atoms with van der Waals surface area (Å²) in [7, 11) is -0.590. The molecule has 0 saturated carbocycles. The molecule has 1 amide bonds. The number of hydrogen-bond acceptors (Lipinski definition) is 7. The lowest BCUT2D eigenvalue weighted by molar-refractivity contribution is -0.0366. The van der Waals surface area contributed by atoms with Gasteiger partial charge in [0, 0.05) is 30.1 Å². The number of carboxylic acid groups (broad SMARTS) is 1. The minimum Gasteiger partial charge on any atom is -0.479 e. The van der Waals surface area contributed by atoms with Gasteiger partial charge >= 0.3 is 13.2 Å². The van der Waals surface area contributed by atoms with E-state index < -0.39 is 24.4 Å². The van der Waals surface area contributed by atoms with Crippen LogP contribution >= 0.6 is 11.6 Å². The summed E-state index contributed by atoms with van der Waals surface area (Å²) >= 11 is 7.08. The fraction of sp³-hybridized carbons (Fsp3) is 0.667. The summed E-state index contributed by atoms with van der Waals surface area (Å²) in [6, 6.07) is 1.83. The maximum atomic E-state index is 11.9. The van der Waals surface area contributed by atoms with Crippen molar-refractivity contribution in [2.75, 3.05) is 26.4 Å². The van der Waals surface area contributed by atoms with Crippen LogP contribution in [0.15, 0.2) is 24.2 Å². The Morgan fingerprint density at radius 1 is 1.14 bits per heavy atom. The molecule has 6 rings (SSSR count). The number of aromatic nitrogens is 2. The standard InChI is InChI=1S/C30H42BClN4O6/c1-29(2)30(3,4)42-31(41-29)27-20(22(32)16-24-21(27)17-33-36(24)26-12-6-8-15-40-26)10-9-13-34-19-39-18-25(34)23-11-5-7-14-35(23)28(37)38/h16-18,23,26H,5-15,19H2,1-4H3,(H,37,38). The zero-order chi connectivity index (χ0) is 29.6. The molecule has 42 heavy (non-hydrogen) atoms. The maximum Gasteiger partial charge on any atom is 0.495 e. The number of fused-ring (bicyclic) bond motifs is 1. The Hall–Kier alpha value is -2.47. The quantitative estimate of drug-likeness (QED) is 0.429. The van der Waals surface area contributed by atoms with Crippen molar-refractivity contribution in [1.29, 1.82) is 0 Å². The van der Waals surface area contributed by atoms with Crippen LogP contribution in [0.25, 0.3) is 10.9 Å². The highest BCUT2D eigenvalue weighted by molar-refractivity contribution is 6.66. The molecule has 3 saturated heterocycles. The number of hydrogen-bond donors (Lipinski definition) is 1. The van der Waals surface area contributed by atoms with Crippen molar-refractivity contribution in [3.63, 3.8) is 0 Å². The highest BCUT2D eigenvalue weighted by Gasteiger charge is 2.53. The first-order valence-electron chi connectivity index (χ1n) is 15.3. The predicted octanol–water partition coefficient (Wildman–Crippen LogP) is 5.28. The van der Waals surface area contributed by atoms with Gasteiger partial charge in [-0.15, -0.1) is 0 Å². The number of nitrogens with zero attached hydrogens (tertiary/aromatic N) is 4. The Bertz CT molecular complexity index is 1340. The Morgan fingerprint density at radius 2 is 1.90 bits per heavy atom. The summed E-state index contributed by atoms with van der Waals surface area (Å²) < 4.78 is 26.9. The molecule has 1 aromatic carbocycles. The number of benzene rings is 1. The predicted molar refractivity (Wildman–Crippen MR) is 161 cm³/mol. The van der Waals surface area contributed by atoms with E-state index in [0.717, 1.165) is 79.2 Å². The molecule has 0 spiro atoms. The third kappa shape index (κ3) is 5.38. The Labute approximate surface area is 253 Å². The molecule has 5 heterocycles. The lowest BCUT2D eigenvalue weighted by atomic mass is 9.73. The van der Waals surface area contributed by atoms with Crippen LogP contribution in [0.1, 0.15) is 84.4 Å². The van der Waals surface area contributed by atoms with Crippen LogP contribution in [-0.4, -0.2) is 81.6 Å². The molecule has 3 fully saturated rings. The van der Waals surface area contributed by atoms with Crippen molar-refractivity contribution in [1.82, 2.24) is 19.6 Å². The number of likely N-dealkylation sites (tertiary alicyclic amines) is 1. The largest absolute Gasteiger partial charge is 0.495 e. The fourth-order valence-corrected chi connectivity index (χ4v) is 6.91. The van der Waals surface area contributed by atoms with Gasteiger partial charge in [-0.05, 0) is 96.2 Å². The number of carbonyl (C=O) groups is 1. The summed E-state index contributed by atoms with van der Waals surface area (Å²) in [5.74, 6) is 0. The highest BCUT2D eigenvalue weighted by Crippen LogP contribution is 2.39. The maximum absolute atomic E-state index is 11.9. The average Bonchev–Trinajstić information content (AvgIpc) is 3.65. The molecule has 228 valence electrons. The number of piperidine rings is 1. The van der Waals surface area contributed by atoms with Gasteiger partial charge in [0.2, 0.25) is 0 Å². The van der Waals surface area contributed by atoms with Crippen molar-refractivity contribution in [2.24, 2.45) is 0 Å². The summed E-state index contributed by atoms with van der Waals surface area (Å²) in [5, 5.41) is 16.2. The third-order valence-electron chi connectivity index (χ3n) is 9.66. The number of halogens is 1. The highest BCUT2D eigenvalue weighted by atomic mass is 35.5. The van der Waals surface area contributed by atoms with E-state index in [1.807, 2.05) is 16.9 Å². The van der Waals surface area contributed by atoms with E-state index in [-0.39, 0.29) is 12.3 Å². The van der Waals surface area contributed by atoms with Gasteiger partial charge in [0.25, 0.3) is 0 Å². The summed E-state index contributed by atoms with van der Waals surface area (Å²) in [6.07, 6.45) is 9.90. The van der Waals surface area contributed by atoms with E-state index in [9.17, 15) is 9.90 Å². The van der Waals surface area contributed by atoms with Gasteiger partial charge in [0.15, 0.2) is 13.0 Å². The van der Waals surface area contributed by atoms with E-state index >= 15 is 0 Å². The van der Waals surface area contributed by atoms with Crippen molar-refractivity contribution in [3.8, 4) is 0 Å². The van der Waals surface area contributed by atoms with E-state index in [1.165, 1.54) is 0 Å². The van der Waals surface area contributed by atoms with E-state index in [1.54, 1.807) is 11.2 Å². The molecule has 4 aliphatic rings. The van der Waals surface area contributed by atoms with Crippen LogP contribution in [0.4, 0.5) is 4.79 Å². The first-order chi connectivity index (χ1) is 20.1. The summed E-state index contributed by atoms with van der Waals surface area (Å²) in [6.45, 7) is 10.6. The lowest BCUT2D eigenvalue weighted by Crippen LogP contribution is -2.47. The minimum atomic E-state index is -0.876. The summed E-state index contributed by atoms with van der Waals surface area (Å²) in [4.78, 5) is 15.6. The van der Waals surface area contributed by atoms with Crippen molar-refractivity contribution in [3.05, 3.63) is 34.8 Å². The van der Waals surface area contributed by atoms with Crippen molar-refractivity contribution in [2.45, 2.75) is 103 Å². The SMILES string of the molecule is CC1(C)OB(c2c(CCCN3COC=C3C3CCCCN3C(=O)O)c(Cl)cc3c2cnn3C2CCCCO2)OC1(C)C. The second-order valence-electron chi connectivity index (χ2n) is 12.9. The molecule has 0 aliphatic carbocycles. The topological polar surface area (TPSA) is 98.5 Å². The Balaban J connectivity index is 1.28. The smallest absolute Gasteiger partial charge is 0.479 e. The number of ether oxygens (including phenoxy) is 2. The molecule has 4 aliphatic heterocycles. The van der Waals surface area contributed by atoms with Gasteiger partial charge in [-0.3, -0.25) is 4.90 Å². The van der Waals surface area contributed by atoms with Crippen LogP contribution in [0, 0.1) is 0 Å². The van der Waals surface area contributed by atoms with Gasteiger partial charge in [-0.2, -0.15) is 5.10 Å². The first-order valence-corrected chi connectivity index (χ1v) is 15.7. The first kappa shape index (κ1) is 29.6. The number of amides is 1. The lowest BCUT2D eigenvalue weighted by Gasteiger charge is -2.36. The molecule has 0 radical (unpaired) electrons. The van der Waals surface area contributed by atoms with Crippen molar-refractivity contribution >= 4 is 41.2 Å². The van der Waals surface area contributed by atoms with Crippen LogP contribution < -0.4 is 5.46 Å². The monoisotopic (exact) mass is 600 g/mol. The molecular weight excluding hydrogens is 559 g/mol. The van der Waals surface area contributed by atoms with Crippen LogP contribution in [-0.2, 0) is 25.2 Å². The molecule has 2 aromatic rings. The molecule has 10 nitrogen and oxygen atoms in total. The third-order valence-corrected chi connectivity index (χ3v) is 10.00. The Morgan fingerprint density at radius 3 is 2.62 bits per heavy atom. The molecule has 1 N–H and O–H groups in total. The van der Waals surface area contributed by atoms with Gasteiger partial charge in [-0.25, -0.2) is 9.48 Å². The molecular formula is C30H42BClN4O6. The molecule has 0 bridgehead atoms. The van der Waals surface area contributed by atoms with Gasteiger partial charge in [0.05, 0.1) is 34.7 Å². The zero-order valence-electron chi connectivity index (χ0n) is 25.1. The minimum absolute atomic E-state index is 0.116. The van der Waals surface area contributed by atoms with Crippen molar-refractivity contribution < 1.29 is 28.7 Å². The average molecular weight is 601 g/mol. The molecule has 1 aromatic heterocycles. The Kier molecular flexibility index (Phi) is 8.15. The van der Waals surface area contributed by atoms with E-state index in [4.69, 9.17) is 35.5 Å².